The molecular formula is C29H39N3O3. The lowest BCUT2D eigenvalue weighted by molar-refractivity contribution is 0.205. The Hall–Kier alpha value is -2.57. The van der Waals surface area contributed by atoms with Crippen molar-refractivity contribution in [2.24, 2.45) is 0 Å². The van der Waals surface area contributed by atoms with Crippen molar-refractivity contribution in [1.82, 2.24) is 14.8 Å². The van der Waals surface area contributed by atoms with E-state index in [1.807, 2.05) is 36.4 Å². The molecule has 0 aliphatic carbocycles. The monoisotopic (exact) mass is 477 g/mol. The summed E-state index contributed by atoms with van der Waals surface area (Å²) in [5.74, 6) is 1.56. The maximum absolute atomic E-state index is 12.9. The maximum atomic E-state index is 12.9. The van der Waals surface area contributed by atoms with Crippen molar-refractivity contribution >= 4 is 21.7 Å². The Labute approximate surface area is 208 Å². The van der Waals surface area contributed by atoms with E-state index in [4.69, 9.17) is 9.47 Å². The Morgan fingerprint density at radius 3 is 1.80 bits per heavy atom. The van der Waals surface area contributed by atoms with Crippen molar-refractivity contribution in [2.45, 2.75) is 51.4 Å². The molecule has 0 radical (unpaired) electrons. The van der Waals surface area contributed by atoms with Crippen molar-refractivity contribution in [2.75, 3.05) is 52.5 Å². The smallest absolute Gasteiger partial charge is 0.256 e. The maximum Gasteiger partial charge on any atom is 0.256 e. The van der Waals surface area contributed by atoms with E-state index in [-0.39, 0.29) is 5.56 Å². The van der Waals surface area contributed by atoms with Crippen LogP contribution in [0.25, 0.3) is 21.7 Å². The Bertz CT molecular complexity index is 1160. The first kappa shape index (κ1) is 24.1. The summed E-state index contributed by atoms with van der Waals surface area (Å²) in [5.41, 5.74) is 0.722. The molecule has 0 saturated carbocycles. The largest absolute Gasteiger partial charge is 0.494 e. The molecule has 0 unspecified atom stereocenters. The third-order valence-corrected chi connectivity index (χ3v) is 7.44. The van der Waals surface area contributed by atoms with Gasteiger partial charge in [-0.3, -0.25) is 4.79 Å². The van der Waals surface area contributed by atoms with Crippen LogP contribution in [-0.4, -0.2) is 67.3 Å². The number of nitrogens with one attached hydrogen (secondary N) is 1. The van der Waals surface area contributed by atoms with Gasteiger partial charge in [0.2, 0.25) is 0 Å². The summed E-state index contributed by atoms with van der Waals surface area (Å²) < 4.78 is 12.0. The van der Waals surface area contributed by atoms with Gasteiger partial charge in [0.25, 0.3) is 5.56 Å². The lowest BCUT2D eigenvalue weighted by Crippen LogP contribution is -2.31. The number of benzene rings is 2. The molecule has 6 heteroatoms. The summed E-state index contributed by atoms with van der Waals surface area (Å²) in [7, 11) is 0. The van der Waals surface area contributed by atoms with Crippen LogP contribution >= 0.6 is 0 Å². The first-order valence-corrected chi connectivity index (χ1v) is 13.6. The van der Waals surface area contributed by atoms with Gasteiger partial charge in [-0.25, -0.2) is 0 Å². The van der Waals surface area contributed by atoms with Gasteiger partial charge in [-0.2, -0.15) is 0 Å². The molecular weight excluding hydrogens is 438 g/mol. The van der Waals surface area contributed by atoms with Crippen LogP contribution in [0, 0.1) is 0 Å². The molecule has 3 heterocycles. The molecule has 0 bridgehead atoms. The van der Waals surface area contributed by atoms with Gasteiger partial charge in [0.05, 0.1) is 24.1 Å². The molecule has 2 aliphatic heterocycles. The van der Waals surface area contributed by atoms with E-state index in [1.54, 1.807) is 0 Å². The molecule has 188 valence electrons. The highest BCUT2D eigenvalue weighted by molar-refractivity contribution is 6.05. The Kier molecular flexibility index (Phi) is 8.22. The second kappa shape index (κ2) is 11.9. The van der Waals surface area contributed by atoms with Gasteiger partial charge in [0.15, 0.2) is 0 Å². The lowest BCUT2D eigenvalue weighted by Gasteiger charge is -2.26. The second-order valence-corrected chi connectivity index (χ2v) is 10.1. The Morgan fingerprint density at radius 2 is 1.20 bits per heavy atom. The Morgan fingerprint density at radius 1 is 0.657 bits per heavy atom. The number of nitrogens with zero attached hydrogens (tertiary/aromatic N) is 2. The number of H-pyrrole nitrogens is 1. The molecule has 35 heavy (non-hydrogen) atoms. The molecule has 0 amide bonds. The number of piperidine rings is 2. The van der Waals surface area contributed by atoms with E-state index in [2.05, 4.69) is 14.8 Å². The van der Waals surface area contributed by atoms with Crippen LogP contribution < -0.4 is 15.0 Å². The molecule has 0 atom stereocenters. The third-order valence-electron chi connectivity index (χ3n) is 7.44. The summed E-state index contributed by atoms with van der Waals surface area (Å²) in [6.07, 6.45) is 10.0. The predicted molar refractivity (Wildman–Crippen MR) is 143 cm³/mol. The van der Waals surface area contributed by atoms with E-state index in [0.717, 1.165) is 53.7 Å². The predicted octanol–water partition coefficient (Wildman–Crippen LogP) is 5.19. The average molecular weight is 478 g/mol. The van der Waals surface area contributed by atoms with E-state index in [9.17, 15) is 4.79 Å². The normalized spacial score (nSPS) is 17.7. The molecule has 1 aromatic heterocycles. The van der Waals surface area contributed by atoms with Gasteiger partial charge in [0.1, 0.15) is 11.5 Å². The van der Waals surface area contributed by atoms with Crippen LogP contribution in [0.4, 0.5) is 0 Å². The molecule has 2 aliphatic rings. The zero-order chi connectivity index (χ0) is 23.9. The highest BCUT2D eigenvalue weighted by Crippen LogP contribution is 2.27. The number of pyridine rings is 1. The minimum absolute atomic E-state index is 0.0893. The standard InChI is InChI=1S/C29H39N3O3/c33-29-27-21-23(34-19-7-17-31-13-3-1-4-14-31)9-11-25(27)26-12-10-24(22-28(26)30-29)35-20-8-18-32-15-5-2-6-16-32/h9-12,21-22H,1-8,13-20H2,(H,30,33). The van der Waals surface area contributed by atoms with Crippen molar-refractivity contribution in [3.8, 4) is 11.5 Å². The molecule has 2 fully saturated rings. The molecule has 2 saturated heterocycles. The topological polar surface area (TPSA) is 57.8 Å². The number of likely N-dealkylation sites (tertiary alicyclic amines) is 2. The summed E-state index contributed by atoms with van der Waals surface area (Å²) in [6.45, 7) is 8.41. The molecule has 0 spiro atoms. The quantitative estimate of drug-likeness (QED) is 0.322. The fraction of sp³-hybridized carbons (Fsp3) is 0.552. The number of aromatic amines is 1. The first-order chi connectivity index (χ1) is 17.3. The molecule has 3 aromatic rings. The zero-order valence-electron chi connectivity index (χ0n) is 20.9. The molecule has 5 rings (SSSR count). The van der Waals surface area contributed by atoms with Gasteiger partial charge >= 0.3 is 0 Å². The minimum Gasteiger partial charge on any atom is -0.494 e. The van der Waals surface area contributed by atoms with Crippen LogP contribution in [0.3, 0.4) is 0 Å². The van der Waals surface area contributed by atoms with Crippen molar-refractivity contribution in [3.63, 3.8) is 0 Å². The van der Waals surface area contributed by atoms with Crippen LogP contribution in [0.5, 0.6) is 11.5 Å². The summed E-state index contributed by atoms with van der Waals surface area (Å²) >= 11 is 0. The van der Waals surface area contributed by atoms with E-state index in [0.29, 0.717) is 18.6 Å². The van der Waals surface area contributed by atoms with Crippen molar-refractivity contribution in [1.29, 1.82) is 0 Å². The summed E-state index contributed by atoms with van der Waals surface area (Å²) in [5, 5.41) is 2.64. The number of fused-ring (bicyclic) bond motifs is 3. The van der Waals surface area contributed by atoms with E-state index in [1.165, 1.54) is 64.7 Å². The summed E-state index contributed by atoms with van der Waals surface area (Å²) in [6, 6.07) is 11.9. The van der Waals surface area contributed by atoms with Crippen LogP contribution in [0.1, 0.15) is 51.4 Å². The first-order valence-electron chi connectivity index (χ1n) is 13.6. The third kappa shape index (κ3) is 6.36. The number of ether oxygens (including phenoxy) is 2. The van der Waals surface area contributed by atoms with Crippen molar-refractivity contribution < 1.29 is 9.47 Å². The fourth-order valence-electron chi connectivity index (χ4n) is 5.50. The molecule has 1 N–H and O–H groups in total. The highest BCUT2D eigenvalue weighted by atomic mass is 16.5. The fourth-order valence-corrected chi connectivity index (χ4v) is 5.50. The average Bonchev–Trinajstić information content (AvgIpc) is 2.90. The number of rotatable bonds is 10. The number of aromatic nitrogens is 1. The molecule has 2 aromatic carbocycles. The van der Waals surface area contributed by atoms with Gasteiger partial charge in [-0.15, -0.1) is 0 Å². The SMILES string of the molecule is O=c1[nH]c2cc(OCCCN3CCCCC3)ccc2c2ccc(OCCCN3CCCCC3)cc12. The van der Waals surface area contributed by atoms with E-state index < -0.39 is 0 Å². The van der Waals surface area contributed by atoms with Gasteiger partial charge in [-0.1, -0.05) is 12.8 Å². The highest BCUT2D eigenvalue weighted by Gasteiger charge is 2.12. The molecule has 6 nitrogen and oxygen atoms in total. The van der Waals surface area contributed by atoms with Crippen LogP contribution in [-0.2, 0) is 0 Å². The van der Waals surface area contributed by atoms with Gasteiger partial charge in [-0.05, 0) is 100 Å². The van der Waals surface area contributed by atoms with E-state index >= 15 is 0 Å². The number of hydrogen-bond donors (Lipinski definition) is 1. The van der Waals surface area contributed by atoms with Crippen LogP contribution in [0.15, 0.2) is 41.2 Å². The van der Waals surface area contributed by atoms with Gasteiger partial charge < -0.3 is 24.3 Å². The lowest BCUT2D eigenvalue weighted by atomic mass is 10.1. The Balaban J connectivity index is 1.18. The summed E-state index contributed by atoms with van der Waals surface area (Å²) in [4.78, 5) is 21.0. The van der Waals surface area contributed by atoms with Gasteiger partial charge in [0, 0.05) is 24.5 Å². The van der Waals surface area contributed by atoms with Crippen LogP contribution in [0.2, 0.25) is 0 Å². The number of hydrogen-bond acceptors (Lipinski definition) is 5. The minimum atomic E-state index is -0.0893. The second-order valence-electron chi connectivity index (χ2n) is 10.1. The zero-order valence-corrected chi connectivity index (χ0v) is 20.9. The van der Waals surface area contributed by atoms with Crippen molar-refractivity contribution in [3.05, 3.63) is 46.8 Å².